The van der Waals surface area contributed by atoms with Crippen molar-refractivity contribution in [2.24, 2.45) is 0 Å². The third-order valence-electron chi connectivity index (χ3n) is 2.59. The van der Waals surface area contributed by atoms with Gasteiger partial charge in [-0.25, -0.2) is 4.79 Å². The number of aromatic hydroxyl groups is 1. The summed E-state index contributed by atoms with van der Waals surface area (Å²) in [7, 11) is 4.97. The lowest BCUT2D eigenvalue weighted by molar-refractivity contribution is 0.217. The van der Waals surface area contributed by atoms with E-state index in [4.69, 9.17) is 4.74 Å². The van der Waals surface area contributed by atoms with E-state index in [1.54, 1.807) is 39.4 Å². The normalized spacial score (nSPS) is 10.1. The van der Waals surface area contributed by atoms with Gasteiger partial charge in [0.1, 0.15) is 11.5 Å². The van der Waals surface area contributed by atoms with Crippen LogP contribution >= 0.6 is 0 Å². The number of carbonyl (C=O) groups is 1. The van der Waals surface area contributed by atoms with Crippen LogP contribution in [0.5, 0.6) is 11.5 Å². The molecule has 0 aliphatic heterocycles. The Hall–Kier alpha value is -1.95. The van der Waals surface area contributed by atoms with Gasteiger partial charge in [0.15, 0.2) is 0 Å². The highest BCUT2D eigenvalue weighted by Gasteiger charge is 2.04. The molecule has 0 aromatic heterocycles. The Kier molecular flexibility index (Phi) is 5.95. The van der Waals surface area contributed by atoms with Gasteiger partial charge in [-0.3, -0.25) is 0 Å². The summed E-state index contributed by atoms with van der Waals surface area (Å²) in [4.78, 5) is 12.7. The number of urea groups is 1. The molecule has 1 aromatic rings. The van der Waals surface area contributed by atoms with E-state index in [1.807, 2.05) is 0 Å². The topological polar surface area (TPSA) is 73.8 Å². The maximum absolute atomic E-state index is 11.2. The van der Waals surface area contributed by atoms with Gasteiger partial charge in [-0.1, -0.05) is 0 Å². The molecule has 6 heteroatoms. The molecule has 0 heterocycles. The van der Waals surface area contributed by atoms with Crippen LogP contribution in [0.1, 0.15) is 5.56 Å². The first-order valence-electron chi connectivity index (χ1n) is 6.06. The van der Waals surface area contributed by atoms with Gasteiger partial charge in [0.25, 0.3) is 0 Å². The van der Waals surface area contributed by atoms with Crippen LogP contribution in [0.15, 0.2) is 18.2 Å². The quantitative estimate of drug-likeness (QED) is 0.665. The zero-order chi connectivity index (χ0) is 14.3. The second-order valence-electron chi connectivity index (χ2n) is 4.30. The van der Waals surface area contributed by atoms with Crippen molar-refractivity contribution in [3.63, 3.8) is 0 Å². The van der Waals surface area contributed by atoms with Gasteiger partial charge < -0.3 is 25.4 Å². The number of phenolic OH excluding ortho intramolecular Hbond substituents is 1. The number of hydrogen-bond acceptors (Lipinski definition) is 4. The monoisotopic (exact) mass is 267 g/mol. The molecule has 0 radical (unpaired) electrons. The highest BCUT2D eigenvalue weighted by molar-refractivity contribution is 5.73. The van der Waals surface area contributed by atoms with E-state index in [2.05, 4.69) is 10.6 Å². The molecule has 0 atom stereocenters. The van der Waals surface area contributed by atoms with E-state index in [9.17, 15) is 9.90 Å². The maximum Gasteiger partial charge on any atom is 0.316 e. The zero-order valence-electron chi connectivity index (χ0n) is 11.6. The van der Waals surface area contributed by atoms with Crippen molar-refractivity contribution in [3.8, 4) is 11.5 Å². The first kappa shape index (κ1) is 15.1. The lowest BCUT2D eigenvalue weighted by Crippen LogP contribution is -2.38. The van der Waals surface area contributed by atoms with Crippen molar-refractivity contribution < 1.29 is 14.6 Å². The molecular weight excluding hydrogens is 246 g/mol. The average Bonchev–Trinajstić information content (AvgIpc) is 2.39. The molecule has 19 heavy (non-hydrogen) atoms. The van der Waals surface area contributed by atoms with Gasteiger partial charge in [-0.15, -0.1) is 0 Å². The van der Waals surface area contributed by atoms with Gasteiger partial charge in [0.2, 0.25) is 0 Å². The van der Waals surface area contributed by atoms with Crippen molar-refractivity contribution in [1.82, 2.24) is 15.5 Å². The predicted octanol–water partition coefficient (Wildman–Crippen LogP) is 0.762. The van der Waals surface area contributed by atoms with E-state index in [0.29, 0.717) is 25.4 Å². The highest BCUT2D eigenvalue weighted by atomic mass is 16.5. The van der Waals surface area contributed by atoms with Crippen LogP contribution in [0, 0.1) is 0 Å². The fourth-order valence-corrected chi connectivity index (χ4v) is 1.47. The lowest BCUT2D eigenvalue weighted by atomic mass is 10.2. The number of phenols is 1. The minimum absolute atomic E-state index is 0.119. The Morgan fingerprint density at radius 1 is 1.37 bits per heavy atom. The maximum atomic E-state index is 11.2. The van der Waals surface area contributed by atoms with Crippen LogP contribution in [0.2, 0.25) is 0 Å². The van der Waals surface area contributed by atoms with Gasteiger partial charge in [-0.2, -0.15) is 0 Å². The summed E-state index contributed by atoms with van der Waals surface area (Å²) in [6.45, 7) is 1.67. The number of amides is 2. The molecule has 0 spiro atoms. The Morgan fingerprint density at radius 3 is 2.74 bits per heavy atom. The molecule has 0 saturated heterocycles. The van der Waals surface area contributed by atoms with Gasteiger partial charge in [-0.05, 0) is 18.2 Å². The smallest absolute Gasteiger partial charge is 0.316 e. The Labute approximate surface area is 113 Å². The third-order valence-corrected chi connectivity index (χ3v) is 2.59. The molecule has 3 N–H and O–H groups in total. The third kappa shape index (κ3) is 5.05. The molecule has 0 saturated carbocycles. The van der Waals surface area contributed by atoms with Gasteiger partial charge in [0, 0.05) is 39.3 Å². The molecule has 6 nitrogen and oxygen atoms in total. The van der Waals surface area contributed by atoms with Crippen LogP contribution in [-0.4, -0.2) is 50.3 Å². The summed E-state index contributed by atoms with van der Waals surface area (Å²) in [6, 6.07) is 4.96. The lowest BCUT2D eigenvalue weighted by Gasteiger charge is -2.12. The minimum Gasteiger partial charge on any atom is -0.508 e. The molecule has 1 rings (SSSR count). The Balaban J connectivity index is 2.31. The molecule has 2 amide bonds. The first-order valence-corrected chi connectivity index (χ1v) is 6.06. The summed E-state index contributed by atoms with van der Waals surface area (Å²) in [5, 5.41) is 15.6. The largest absolute Gasteiger partial charge is 0.508 e. The van der Waals surface area contributed by atoms with Crippen molar-refractivity contribution in [1.29, 1.82) is 0 Å². The summed E-state index contributed by atoms with van der Waals surface area (Å²) < 4.78 is 5.09. The standard InChI is InChI=1S/C13H21N3O3/c1-16(2)13(18)15-7-6-14-9-10-8-11(19-3)4-5-12(10)17/h4-5,8,14,17H,6-7,9H2,1-3H3,(H,15,18). The van der Waals surface area contributed by atoms with Gasteiger partial charge in [0.05, 0.1) is 7.11 Å². The highest BCUT2D eigenvalue weighted by Crippen LogP contribution is 2.22. The molecular formula is C13H21N3O3. The van der Waals surface area contributed by atoms with Crippen LogP contribution in [0.3, 0.4) is 0 Å². The summed E-state index contributed by atoms with van der Waals surface area (Å²) in [6.07, 6.45) is 0. The number of benzene rings is 1. The van der Waals surface area contributed by atoms with Crippen LogP contribution in [-0.2, 0) is 6.54 Å². The van der Waals surface area contributed by atoms with Crippen LogP contribution in [0.4, 0.5) is 4.79 Å². The molecule has 0 aliphatic carbocycles. The fourth-order valence-electron chi connectivity index (χ4n) is 1.47. The predicted molar refractivity (Wildman–Crippen MR) is 73.5 cm³/mol. The number of methoxy groups -OCH3 is 1. The summed E-state index contributed by atoms with van der Waals surface area (Å²) in [5.74, 6) is 0.932. The molecule has 0 aliphatic rings. The molecule has 1 aromatic carbocycles. The number of ether oxygens (including phenoxy) is 1. The van der Waals surface area contributed by atoms with Crippen molar-refractivity contribution in [2.45, 2.75) is 6.54 Å². The van der Waals surface area contributed by atoms with Gasteiger partial charge >= 0.3 is 6.03 Å². The summed E-state index contributed by atoms with van der Waals surface area (Å²) in [5.41, 5.74) is 0.762. The number of hydrogen-bond donors (Lipinski definition) is 3. The Bertz CT molecular complexity index is 422. The van der Waals surface area contributed by atoms with E-state index in [-0.39, 0.29) is 11.8 Å². The summed E-state index contributed by atoms with van der Waals surface area (Å²) >= 11 is 0. The zero-order valence-corrected chi connectivity index (χ0v) is 11.6. The SMILES string of the molecule is COc1ccc(O)c(CNCCNC(=O)N(C)C)c1. The second kappa shape index (κ2) is 7.48. The van der Waals surface area contributed by atoms with E-state index >= 15 is 0 Å². The first-order chi connectivity index (χ1) is 9.04. The van der Waals surface area contributed by atoms with E-state index < -0.39 is 0 Å². The van der Waals surface area contributed by atoms with Crippen LogP contribution < -0.4 is 15.4 Å². The molecule has 0 fully saturated rings. The molecule has 0 unspecified atom stereocenters. The number of nitrogens with one attached hydrogen (secondary N) is 2. The second-order valence-corrected chi connectivity index (χ2v) is 4.30. The number of carbonyl (C=O) groups excluding carboxylic acids is 1. The van der Waals surface area contributed by atoms with Crippen LogP contribution in [0.25, 0.3) is 0 Å². The van der Waals surface area contributed by atoms with Crippen molar-refractivity contribution in [3.05, 3.63) is 23.8 Å². The number of rotatable bonds is 6. The average molecular weight is 267 g/mol. The minimum atomic E-state index is -0.119. The van der Waals surface area contributed by atoms with Crippen molar-refractivity contribution >= 4 is 6.03 Å². The van der Waals surface area contributed by atoms with E-state index in [1.165, 1.54) is 4.90 Å². The molecule has 0 bridgehead atoms. The Morgan fingerprint density at radius 2 is 2.11 bits per heavy atom. The molecule has 106 valence electrons. The van der Waals surface area contributed by atoms with E-state index in [0.717, 1.165) is 5.56 Å². The fraction of sp³-hybridized carbons (Fsp3) is 0.462. The number of nitrogens with zero attached hydrogens (tertiary/aromatic N) is 1. The van der Waals surface area contributed by atoms with Crippen molar-refractivity contribution in [2.75, 3.05) is 34.3 Å².